The lowest BCUT2D eigenvalue weighted by Crippen LogP contribution is -2.51. The summed E-state index contributed by atoms with van der Waals surface area (Å²) >= 11 is 0. The zero-order valence-electron chi connectivity index (χ0n) is 18.9. The Balaban J connectivity index is 1.70. The normalized spacial score (nSPS) is 20.8. The molecule has 168 valence electrons. The van der Waals surface area contributed by atoms with Crippen molar-refractivity contribution in [2.24, 2.45) is 11.3 Å². The highest BCUT2D eigenvalue weighted by molar-refractivity contribution is 5.95. The molecule has 1 aromatic carbocycles. The Bertz CT molecular complexity index is 701. The molecule has 3 nitrogen and oxygen atoms in total. The third kappa shape index (κ3) is 6.26. The van der Waals surface area contributed by atoms with Crippen LogP contribution >= 0.6 is 0 Å². The third-order valence-corrected chi connectivity index (χ3v) is 6.74. The van der Waals surface area contributed by atoms with Gasteiger partial charge < -0.3 is 9.80 Å². The number of carbonyl (C=O) groups is 1. The van der Waals surface area contributed by atoms with Crippen molar-refractivity contribution in [3.8, 4) is 0 Å². The molecule has 3 rings (SSSR count). The average Bonchev–Trinajstić information content (AvgIpc) is 2.72. The van der Waals surface area contributed by atoms with E-state index >= 15 is 4.39 Å². The van der Waals surface area contributed by atoms with E-state index < -0.39 is 11.5 Å². The minimum Gasteiger partial charge on any atom is -0.306 e. The van der Waals surface area contributed by atoms with E-state index in [1.807, 2.05) is 0 Å². The fraction of sp³-hybridized carbons (Fsp3) is 0.720. The molecule has 1 saturated carbocycles. The van der Waals surface area contributed by atoms with E-state index in [0.29, 0.717) is 25.9 Å². The number of nitrogens with zero attached hydrogens (tertiary/aromatic N) is 2. The highest BCUT2D eigenvalue weighted by Gasteiger charge is 2.40. The molecule has 30 heavy (non-hydrogen) atoms. The number of benzene rings is 1. The van der Waals surface area contributed by atoms with Crippen LogP contribution in [-0.4, -0.2) is 42.7 Å². The van der Waals surface area contributed by atoms with Crippen molar-refractivity contribution in [3.05, 3.63) is 30.1 Å². The van der Waals surface area contributed by atoms with Crippen LogP contribution in [-0.2, 0) is 4.79 Å². The first-order valence-corrected chi connectivity index (χ1v) is 11.6. The van der Waals surface area contributed by atoms with Gasteiger partial charge in [0, 0.05) is 19.0 Å². The Kier molecular flexibility index (Phi) is 7.54. The molecule has 0 atom stereocenters. The number of hydrogen-bond acceptors (Lipinski definition) is 2. The molecule has 0 N–H and O–H groups in total. The maximum Gasteiger partial charge on any atom is 0.230 e. The summed E-state index contributed by atoms with van der Waals surface area (Å²) < 4.78 is 30.5. The molecule has 1 saturated heterocycles. The molecular weight excluding hydrogens is 382 g/mol. The van der Waals surface area contributed by atoms with Crippen molar-refractivity contribution in [1.82, 2.24) is 4.90 Å². The molecular formula is C25H38F2N2O. The molecule has 0 unspecified atom stereocenters. The summed E-state index contributed by atoms with van der Waals surface area (Å²) in [5.41, 5.74) is -0.983. The van der Waals surface area contributed by atoms with E-state index in [0.717, 1.165) is 45.1 Å². The number of amides is 1. The van der Waals surface area contributed by atoms with Crippen LogP contribution in [0.3, 0.4) is 0 Å². The second-order valence-corrected chi connectivity index (χ2v) is 10.5. The topological polar surface area (TPSA) is 23.6 Å². The number of likely N-dealkylation sites (tertiary alicyclic amines) is 1. The van der Waals surface area contributed by atoms with Crippen LogP contribution in [0.4, 0.5) is 14.5 Å². The Labute approximate surface area is 180 Å². The second-order valence-electron chi connectivity index (χ2n) is 10.5. The molecule has 0 aromatic heterocycles. The lowest BCUT2D eigenvalue weighted by molar-refractivity contribution is -0.124. The van der Waals surface area contributed by atoms with Crippen LogP contribution in [0.15, 0.2) is 24.3 Å². The lowest BCUT2D eigenvalue weighted by atomic mass is 9.86. The van der Waals surface area contributed by atoms with Gasteiger partial charge >= 0.3 is 0 Å². The number of para-hydroxylation sites is 1. The summed E-state index contributed by atoms with van der Waals surface area (Å²) in [6.07, 6.45) is 6.68. The van der Waals surface area contributed by atoms with E-state index in [9.17, 15) is 9.18 Å². The minimum absolute atomic E-state index is 0.0453. The summed E-state index contributed by atoms with van der Waals surface area (Å²) in [7, 11) is 0. The van der Waals surface area contributed by atoms with Crippen molar-refractivity contribution in [1.29, 1.82) is 0 Å². The SMILES string of the molecule is CC(C)(C)CCN1CCC(F)(CN(C(=O)C2CCCCC2)c2ccccc2F)CC1. The summed E-state index contributed by atoms with van der Waals surface area (Å²) in [6.45, 7) is 8.97. The monoisotopic (exact) mass is 420 g/mol. The Morgan fingerprint density at radius 3 is 2.37 bits per heavy atom. The van der Waals surface area contributed by atoms with Crippen molar-refractivity contribution in [3.63, 3.8) is 0 Å². The van der Waals surface area contributed by atoms with Crippen LogP contribution in [0.5, 0.6) is 0 Å². The molecule has 1 aliphatic carbocycles. The quantitative estimate of drug-likeness (QED) is 0.565. The third-order valence-electron chi connectivity index (χ3n) is 6.74. The Morgan fingerprint density at radius 1 is 1.13 bits per heavy atom. The number of halogens is 2. The van der Waals surface area contributed by atoms with Crippen LogP contribution < -0.4 is 4.90 Å². The summed E-state index contributed by atoms with van der Waals surface area (Å²) in [4.78, 5) is 17.1. The smallest absolute Gasteiger partial charge is 0.230 e. The summed E-state index contributed by atoms with van der Waals surface area (Å²) in [5, 5.41) is 0. The van der Waals surface area contributed by atoms with E-state index in [2.05, 4.69) is 25.7 Å². The Morgan fingerprint density at radius 2 is 1.77 bits per heavy atom. The van der Waals surface area contributed by atoms with Gasteiger partial charge in [0.15, 0.2) is 0 Å². The van der Waals surface area contributed by atoms with Crippen molar-refractivity contribution >= 4 is 11.6 Å². The van der Waals surface area contributed by atoms with Gasteiger partial charge in [-0.05, 0) is 56.2 Å². The van der Waals surface area contributed by atoms with Gasteiger partial charge in [-0.3, -0.25) is 4.79 Å². The zero-order chi connectivity index (χ0) is 21.8. The number of alkyl halides is 1. The summed E-state index contributed by atoms with van der Waals surface area (Å²) in [5.74, 6) is -0.673. The van der Waals surface area contributed by atoms with Gasteiger partial charge in [0.05, 0.1) is 12.2 Å². The molecule has 0 bridgehead atoms. The first-order valence-electron chi connectivity index (χ1n) is 11.6. The number of rotatable bonds is 6. The lowest BCUT2D eigenvalue weighted by Gasteiger charge is -2.40. The van der Waals surface area contributed by atoms with Gasteiger partial charge in [0.2, 0.25) is 5.91 Å². The largest absolute Gasteiger partial charge is 0.306 e. The summed E-state index contributed by atoms with van der Waals surface area (Å²) in [6, 6.07) is 6.30. The first-order chi connectivity index (χ1) is 14.2. The fourth-order valence-electron chi connectivity index (χ4n) is 4.63. The number of piperidine rings is 1. The number of hydrogen-bond donors (Lipinski definition) is 0. The van der Waals surface area contributed by atoms with E-state index in [4.69, 9.17) is 0 Å². The van der Waals surface area contributed by atoms with Crippen LogP contribution in [0, 0.1) is 17.2 Å². The second kappa shape index (κ2) is 9.76. The van der Waals surface area contributed by atoms with Crippen LogP contribution in [0.2, 0.25) is 0 Å². The molecule has 1 amide bonds. The van der Waals surface area contributed by atoms with Gasteiger partial charge in [-0.25, -0.2) is 8.78 Å². The van der Waals surface area contributed by atoms with E-state index in [1.54, 1.807) is 18.2 Å². The van der Waals surface area contributed by atoms with E-state index in [-0.39, 0.29) is 29.5 Å². The molecule has 2 aliphatic rings. The maximum absolute atomic E-state index is 15.9. The molecule has 5 heteroatoms. The predicted octanol–water partition coefficient (Wildman–Crippen LogP) is 5.98. The molecule has 1 aromatic rings. The van der Waals surface area contributed by atoms with Crippen molar-refractivity contribution in [2.75, 3.05) is 31.1 Å². The van der Waals surface area contributed by atoms with E-state index in [1.165, 1.54) is 11.0 Å². The highest BCUT2D eigenvalue weighted by atomic mass is 19.1. The van der Waals surface area contributed by atoms with Crippen LogP contribution in [0.1, 0.15) is 72.1 Å². The molecule has 1 heterocycles. The molecule has 1 aliphatic heterocycles. The molecule has 0 radical (unpaired) electrons. The minimum atomic E-state index is -1.47. The van der Waals surface area contributed by atoms with Gasteiger partial charge in [0.1, 0.15) is 11.5 Å². The molecule has 0 spiro atoms. The molecule has 2 fully saturated rings. The van der Waals surface area contributed by atoms with Gasteiger partial charge in [-0.15, -0.1) is 0 Å². The first kappa shape index (κ1) is 23.2. The number of carbonyl (C=O) groups excluding carboxylic acids is 1. The highest BCUT2D eigenvalue weighted by Crippen LogP contribution is 2.34. The van der Waals surface area contributed by atoms with Crippen molar-refractivity contribution in [2.45, 2.75) is 77.8 Å². The maximum atomic E-state index is 15.9. The average molecular weight is 421 g/mol. The zero-order valence-corrected chi connectivity index (χ0v) is 18.9. The van der Waals surface area contributed by atoms with Gasteiger partial charge in [0.25, 0.3) is 0 Å². The predicted molar refractivity (Wildman–Crippen MR) is 119 cm³/mol. The van der Waals surface area contributed by atoms with Gasteiger partial charge in [-0.1, -0.05) is 52.2 Å². The number of anilines is 1. The fourth-order valence-corrected chi connectivity index (χ4v) is 4.63. The standard InChI is InChI=1S/C25H38F2N2O/c1-24(2,3)13-16-28-17-14-25(27,15-18-28)19-29(22-12-8-7-11-21(22)26)23(30)20-9-5-4-6-10-20/h7-8,11-12,20H,4-6,9-10,13-19H2,1-3H3. The van der Waals surface area contributed by atoms with Crippen molar-refractivity contribution < 1.29 is 13.6 Å². The van der Waals surface area contributed by atoms with Gasteiger partial charge in [-0.2, -0.15) is 0 Å². The Hall–Kier alpha value is -1.49. The van der Waals surface area contributed by atoms with Crippen LogP contribution in [0.25, 0.3) is 0 Å².